The summed E-state index contributed by atoms with van der Waals surface area (Å²) in [7, 11) is 0. The highest BCUT2D eigenvalue weighted by atomic mass is 16.6. The van der Waals surface area contributed by atoms with Crippen molar-refractivity contribution in [3.8, 4) is 0 Å². The molecule has 2 aliphatic heterocycles. The zero-order valence-corrected chi connectivity index (χ0v) is 15.5. The van der Waals surface area contributed by atoms with Gasteiger partial charge in [0.15, 0.2) is 5.78 Å². The molecule has 10 atom stereocenters. The van der Waals surface area contributed by atoms with Gasteiger partial charge in [-0.1, -0.05) is 19.9 Å². The molecule has 7 nitrogen and oxygen atoms in total. The molecule has 0 radical (unpaired) electrons. The topological polar surface area (TPSA) is 127 Å². The first-order valence-electron chi connectivity index (χ1n) is 9.87. The van der Waals surface area contributed by atoms with Crippen molar-refractivity contribution in [2.24, 2.45) is 34.0 Å². The van der Waals surface area contributed by atoms with Gasteiger partial charge in [-0.2, -0.15) is 0 Å². The zero-order chi connectivity index (χ0) is 19.6. The van der Waals surface area contributed by atoms with E-state index in [-0.39, 0.29) is 25.2 Å². The molecule has 150 valence electrons. The van der Waals surface area contributed by atoms with Gasteiger partial charge in [0.1, 0.15) is 11.5 Å². The molecular weight excluding hydrogens is 352 g/mol. The van der Waals surface area contributed by atoms with Crippen LogP contribution in [0.25, 0.3) is 0 Å². The summed E-state index contributed by atoms with van der Waals surface area (Å²) in [4.78, 5) is 13.4. The first-order valence-corrected chi connectivity index (χ1v) is 9.87. The van der Waals surface area contributed by atoms with E-state index < -0.39 is 63.9 Å². The minimum absolute atomic E-state index is 0.1000. The number of aliphatic hydroxyl groups is 5. The summed E-state index contributed by atoms with van der Waals surface area (Å²) < 4.78 is 5.81. The standard InChI is InChI=1S/C20H28O7/c1-9-12-10(22)6-11-18-5-3-4-17(2,7-21)13(18)16(25)20(26,27-8-18)19(11,14(9)23)15(12)24/h10-13,15-16,21-22,24-26H,1,3-8H2,2H3/t10-,11-,12+,13+,15+,16-,17-,18+,19-,20-/m0/s1. The van der Waals surface area contributed by atoms with Gasteiger partial charge in [0.2, 0.25) is 5.79 Å². The van der Waals surface area contributed by atoms with Crippen molar-refractivity contribution in [2.45, 2.75) is 56.7 Å². The van der Waals surface area contributed by atoms with Crippen molar-refractivity contribution >= 4 is 5.78 Å². The molecule has 0 amide bonds. The quantitative estimate of drug-likeness (QED) is 0.383. The third-order valence-electron chi connectivity index (χ3n) is 9.00. The van der Waals surface area contributed by atoms with Crippen molar-refractivity contribution in [1.29, 1.82) is 0 Å². The normalized spacial score (nSPS) is 61.7. The Bertz CT molecular complexity index is 738. The third-order valence-corrected chi connectivity index (χ3v) is 9.00. The monoisotopic (exact) mass is 380 g/mol. The molecule has 6 fully saturated rings. The number of rotatable bonds is 1. The Morgan fingerprint density at radius 3 is 2.59 bits per heavy atom. The van der Waals surface area contributed by atoms with Gasteiger partial charge in [-0.05, 0) is 36.2 Å². The lowest BCUT2D eigenvalue weighted by molar-refractivity contribution is -0.452. The number of hydrogen-bond acceptors (Lipinski definition) is 7. The Hall–Kier alpha value is -0.830. The molecule has 2 spiro atoms. The van der Waals surface area contributed by atoms with Crippen molar-refractivity contribution in [1.82, 2.24) is 0 Å². The Kier molecular flexibility index (Phi) is 3.38. The molecular formula is C20H28O7. The van der Waals surface area contributed by atoms with E-state index in [0.717, 1.165) is 6.42 Å². The maximum atomic E-state index is 13.4. The van der Waals surface area contributed by atoms with Gasteiger partial charge in [-0.3, -0.25) is 4.79 Å². The van der Waals surface area contributed by atoms with Crippen molar-refractivity contribution < 1.29 is 35.1 Å². The van der Waals surface area contributed by atoms with E-state index >= 15 is 0 Å². The molecule has 0 aromatic rings. The highest BCUT2D eigenvalue weighted by Crippen LogP contribution is 2.76. The van der Waals surface area contributed by atoms with Crippen LogP contribution in [-0.2, 0) is 9.53 Å². The zero-order valence-electron chi connectivity index (χ0n) is 15.5. The Balaban J connectivity index is 1.79. The van der Waals surface area contributed by atoms with Crippen molar-refractivity contribution in [3.05, 3.63) is 12.2 Å². The maximum absolute atomic E-state index is 13.4. The van der Waals surface area contributed by atoms with E-state index in [1.165, 1.54) is 0 Å². The molecule has 4 aliphatic carbocycles. The average molecular weight is 380 g/mol. The Morgan fingerprint density at radius 2 is 1.93 bits per heavy atom. The second-order valence-corrected chi connectivity index (χ2v) is 9.86. The van der Waals surface area contributed by atoms with Crippen LogP contribution >= 0.6 is 0 Å². The first-order chi connectivity index (χ1) is 12.6. The largest absolute Gasteiger partial charge is 0.396 e. The molecule has 2 saturated heterocycles. The molecule has 6 aliphatic rings. The lowest BCUT2D eigenvalue weighted by Crippen LogP contribution is -2.84. The molecule has 0 unspecified atom stereocenters. The summed E-state index contributed by atoms with van der Waals surface area (Å²) in [6, 6.07) is 0. The summed E-state index contributed by atoms with van der Waals surface area (Å²) in [5, 5.41) is 54.9. The summed E-state index contributed by atoms with van der Waals surface area (Å²) in [5.41, 5.74) is -2.95. The molecule has 0 aromatic carbocycles. The van der Waals surface area contributed by atoms with E-state index in [2.05, 4.69) is 6.58 Å². The number of ether oxygens (including phenoxy) is 1. The number of Topliss-reactive ketones (excluding diaryl/α,β-unsaturated/α-hetero) is 1. The summed E-state index contributed by atoms with van der Waals surface area (Å²) in [5.74, 6) is -4.65. The second kappa shape index (κ2) is 5.01. The van der Waals surface area contributed by atoms with Gasteiger partial charge < -0.3 is 30.3 Å². The van der Waals surface area contributed by atoms with Crippen molar-refractivity contribution in [2.75, 3.05) is 13.2 Å². The Morgan fingerprint density at radius 1 is 1.22 bits per heavy atom. The van der Waals surface area contributed by atoms with Crippen LogP contribution in [0.5, 0.6) is 0 Å². The maximum Gasteiger partial charge on any atom is 0.208 e. The minimum Gasteiger partial charge on any atom is -0.396 e. The highest BCUT2D eigenvalue weighted by Gasteiger charge is 2.86. The fourth-order valence-corrected chi connectivity index (χ4v) is 7.99. The van der Waals surface area contributed by atoms with Crippen LogP contribution in [0, 0.1) is 34.0 Å². The highest BCUT2D eigenvalue weighted by molar-refractivity contribution is 6.05. The lowest BCUT2D eigenvalue weighted by Gasteiger charge is -2.74. The van der Waals surface area contributed by atoms with Gasteiger partial charge in [0, 0.05) is 23.9 Å². The van der Waals surface area contributed by atoms with E-state index in [1.807, 2.05) is 6.92 Å². The molecule has 4 saturated carbocycles. The molecule has 27 heavy (non-hydrogen) atoms. The van der Waals surface area contributed by atoms with E-state index in [0.29, 0.717) is 12.8 Å². The Labute approximate surface area is 157 Å². The summed E-state index contributed by atoms with van der Waals surface area (Å²) in [6.07, 6.45) is -1.35. The van der Waals surface area contributed by atoms with Crippen LogP contribution < -0.4 is 0 Å². The predicted octanol–water partition coefficient (Wildman–Crippen LogP) is -0.652. The molecule has 4 bridgehead atoms. The smallest absolute Gasteiger partial charge is 0.208 e. The molecule has 2 heterocycles. The fraction of sp³-hybridized carbons (Fsp3) is 0.850. The SMILES string of the molecule is C=C1C(=O)[C@]23[C@H](O)[C@H]1[C@@H](O)C[C@H]2[C@]12CCC[C@@](C)(CO)[C@H]1[C@H](O)[C@]3(O)OC2. The van der Waals surface area contributed by atoms with Gasteiger partial charge >= 0.3 is 0 Å². The average Bonchev–Trinajstić information content (AvgIpc) is 2.76. The van der Waals surface area contributed by atoms with Gasteiger partial charge in [-0.15, -0.1) is 0 Å². The van der Waals surface area contributed by atoms with Crippen molar-refractivity contribution in [3.63, 3.8) is 0 Å². The van der Waals surface area contributed by atoms with Gasteiger partial charge in [-0.25, -0.2) is 0 Å². The molecule has 0 aromatic heterocycles. The van der Waals surface area contributed by atoms with Crippen LogP contribution in [0.4, 0.5) is 0 Å². The number of fused-ring (bicyclic) bond motifs is 2. The van der Waals surface area contributed by atoms with E-state index in [9.17, 15) is 30.3 Å². The second-order valence-electron chi connectivity index (χ2n) is 9.86. The van der Waals surface area contributed by atoms with Gasteiger partial charge in [0.25, 0.3) is 0 Å². The third kappa shape index (κ3) is 1.59. The van der Waals surface area contributed by atoms with Crippen LogP contribution in [-0.4, -0.2) is 68.6 Å². The minimum atomic E-state index is -2.26. The number of carbonyl (C=O) groups excluding carboxylic acids is 1. The van der Waals surface area contributed by atoms with Crippen LogP contribution in [0.1, 0.15) is 32.6 Å². The van der Waals surface area contributed by atoms with Gasteiger partial charge in [0.05, 0.1) is 18.8 Å². The van der Waals surface area contributed by atoms with E-state index in [1.54, 1.807) is 0 Å². The fourth-order valence-electron chi connectivity index (χ4n) is 7.99. The number of ketones is 1. The molecule has 6 rings (SSSR count). The first kappa shape index (κ1) is 18.2. The lowest BCUT2D eigenvalue weighted by atomic mass is 9.36. The van der Waals surface area contributed by atoms with Crippen LogP contribution in [0.3, 0.4) is 0 Å². The predicted molar refractivity (Wildman–Crippen MR) is 92.1 cm³/mol. The van der Waals surface area contributed by atoms with Crippen LogP contribution in [0.15, 0.2) is 12.2 Å². The summed E-state index contributed by atoms with van der Waals surface area (Å²) in [6.45, 7) is 5.67. The van der Waals surface area contributed by atoms with Crippen LogP contribution in [0.2, 0.25) is 0 Å². The molecule has 7 heteroatoms. The number of carbonyl (C=O) groups is 1. The number of hydrogen-bond donors (Lipinski definition) is 5. The van der Waals surface area contributed by atoms with E-state index in [4.69, 9.17) is 4.74 Å². The molecule has 5 N–H and O–H groups in total. The summed E-state index contributed by atoms with van der Waals surface area (Å²) >= 11 is 0. The number of aliphatic hydroxyl groups excluding tert-OH is 4.